The fourth-order valence-corrected chi connectivity index (χ4v) is 2.30. The minimum atomic E-state index is -0.00211. The molecule has 5 heteroatoms. The third-order valence-electron chi connectivity index (χ3n) is 1.71. The van der Waals surface area contributed by atoms with Crippen LogP contribution in [0.3, 0.4) is 0 Å². The molecule has 0 saturated carbocycles. The zero-order valence-corrected chi connectivity index (χ0v) is 10.2. The van der Waals surface area contributed by atoms with Crippen LogP contribution in [-0.2, 0) is 0 Å². The molecule has 0 radical (unpaired) electrons. The Morgan fingerprint density at radius 1 is 1.50 bits per heavy atom. The van der Waals surface area contributed by atoms with Crippen molar-refractivity contribution in [2.75, 3.05) is 13.1 Å². The summed E-state index contributed by atoms with van der Waals surface area (Å²) in [6.07, 6.45) is 1.89. The number of nitrogens with two attached hydrogens (primary N) is 1. The van der Waals surface area contributed by atoms with Gasteiger partial charge in [-0.05, 0) is 47.4 Å². The monoisotopic (exact) mass is 276 g/mol. The number of hydrogen-bond donors (Lipinski definition) is 2. The molecule has 0 atom stereocenters. The minimum Gasteiger partial charge on any atom is -0.351 e. The third kappa shape index (κ3) is 3.77. The van der Waals surface area contributed by atoms with E-state index in [9.17, 15) is 4.79 Å². The average Bonchev–Trinajstić information content (AvgIpc) is 2.59. The van der Waals surface area contributed by atoms with Crippen molar-refractivity contribution < 1.29 is 4.79 Å². The Morgan fingerprint density at radius 3 is 2.86 bits per heavy atom. The van der Waals surface area contributed by atoms with Crippen LogP contribution < -0.4 is 11.1 Å². The molecule has 0 aliphatic heterocycles. The van der Waals surface area contributed by atoms with Crippen LogP contribution in [0.4, 0.5) is 0 Å². The van der Waals surface area contributed by atoms with Gasteiger partial charge in [0.2, 0.25) is 0 Å². The lowest BCUT2D eigenvalue weighted by Gasteiger charge is -2.01. The number of nitrogens with one attached hydrogen (secondary N) is 1. The van der Waals surface area contributed by atoms with Crippen LogP contribution in [0.25, 0.3) is 0 Å². The van der Waals surface area contributed by atoms with E-state index in [1.165, 1.54) is 11.3 Å². The normalized spacial score (nSPS) is 10.1. The Labute approximate surface area is 95.8 Å². The Morgan fingerprint density at radius 2 is 2.29 bits per heavy atom. The van der Waals surface area contributed by atoms with Crippen molar-refractivity contribution in [3.63, 3.8) is 0 Å². The van der Waals surface area contributed by atoms with Gasteiger partial charge < -0.3 is 11.1 Å². The van der Waals surface area contributed by atoms with Crippen LogP contribution in [0.15, 0.2) is 15.9 Å². The first-order chi connectivity index (χ1) is 6.74. The first-order valence-electron chi connectivity index (χ1n) is 4.47. The summed E-state index contributed by atoms with van der Waals surface area (Å²) in [5, 5.41) is 2.84. The average molecular weight is 277 g/mol. The number of thiophene rings is 1. The highest BCUT2D eigenvalue weighted by molar-refractivity contribution is 9.11. The summed E-state index contributed by atoms with van der Waals surface area (Å²) < 4.78 is 0.976. The molecule has 0 bridgehead atoms. The summed E-state index contributed by atoms with van der Waals surface area (Å²) in [4.78, 5) is 12.2. The SMILES string of the molecule is NCCCCNC(=O)c1ccc(Br)s1. The van der Waals surface area contributed by atoms with Crippen molar-refractivity contribution in [2.24, 2.45) is 5.73 Å². The second-order valence-electron chi connectivity index (χ2n) is 2.86. The van der Waals surface area contributed by atoms with Crippen molar-refractivity contribution in [2.45, 2.75) is 12.8 Å². The van der Waals surface area contributed by atoms with Gasteiger partial charge in [-0.2, -0.15) is 0 Å². The highest BCUT2D eigenvalue weighted by atomic mass is 79.9. The van der Waals surface area contributed by atoms with Gasteiger partial charge in [-0.3, -0.25) is 4.79 Å². The maximum atomic E-state index is 11.5. The van der Waals surface area contributed by atoms with E-state index in [2.05, 4.69) is 21.2 Å². The molecular formula is C9H13BrN2OS. The van der Waals surface area contributed by atoms with Gasteiger partial charge in [0.1, 0.15) is 0 Å². The molecule has 1 amide bonds. The number of hydrogen-bond acceptors (Lipinski definition) is 3. The summed E-state index contributed by atoms with van der Waals surface area (Å²) in [6.45, 7) is 1.38. The maximum Gasteiger partial charge on any atom is 0.261 e. The Hall–Kier alpha value is -0.390. The number of rotatable bonds is 5. The van der Waals surface area contributed by atoms with Gasteiger partial charge in [-0.25, -0.2) is 0 Å². The second-order valence-corrected chi connectivity index (χ2v) is 5.32. The zero-order chi connectivity index (χ0) is 10.4. The molecule has 3 N–H and O–H groups in total. The summed E-state index contributed by atoms with van der Waals surface area (Å²) in [7, 11) is 0. The maximum absolute atomic E-state index is 11.5. The fourth-order valence-electron chi connectivity index (χ4n) is 0.995. The first kappa shape index (κ1) is 11.7. The molecule has 0 aliphatic carbocycles. The van der Waals surface area contributed by atoms with E-state index >= 15 is 0 Å². The quantitative estimate of drug-likeness (QED) is 0.809. The van der Waals surface area contributed by atoms with Gasteiger partial charge in [0, 0.05) is 6.54 Å². The number of amides is 1. The van der Waals surface area contributed by atoms with Gasteiger partial charge >= 0.3 is 0 Å². The highest BCUT2D eigenvalue weighted by Gasteiger charge is 2.06. The summed E-state index contributed by atoms with van der Waals surface area (Å²) in [5.74, 6) is -0.00211. The van der Waals surface area contributed by atoms with Crippen molar-refractivity contribution in [1.29, 1.82) is 0 Å². The van der Waals surface area contributed by atoms with E-state index in [0.717, 1.165) is 21.5 Å². The molecule has 78 valence electrons. The van der Waals surface area contributed by atoms with E-state index in [4.69, 9.17) is 5.73 Å². The molecule has 0 aliphatic rings. The van der Waals surface area contributed by atoms with Crippen molar-refractivity contribution in [3.8, 4) is 0 Å². The molecule has 0 aromatic carbocycles. The summed E-state index contributed by atoms with van der Waals surface area (Å²) >= 11 is 4.76. The Kier molecular flexibility index (Phi) is 5.14. The van der Waals surface area contributed by atoms with E-state index in [1.807, 2.05) is 12.1 Å². The van der Waals surface area contributed by atoms with Crippen molar-refractivity contribution in [1.82, 2.24) is 5.32 Å². The lowest BCUT2D eigenvalue weighted by atomic mass is 10.3. The molecule has 14 heavy (non-hydrogen) atoms. The first-order valence-corrected chi connectivity index (χ1v) is 6.08. The van der Waals surface area contributed by atoms with E-state index in [1.54, 1.807) is 0 Å². The van der Waals surface area contributed by atoms with E-state index in [0.29, 0.717) is 13.1 Å². The molecule has 0 unspecified atom stereocenters. The number of unbranched alkanes of at least 4 members (excludes halogenated alkanes) is 1. The molecule has 1 aromatic rings. The van der Waals surface area contributed by atoms with Gasteiger partial charge in [0.25, 0.3) is 5.91 Å². The van der Waals surface area contributed by atoms with Gasteiger partial charge in [0.05, 0.1) is 8.66 Å². The molecular weight excluding hydrogens is 264 g/mol. The van der Waals surface area contributed by atoms with Crippen molar-refractivity contribution >= 4 is 33.2 Å². The number of halogens is 1. The molecule has 1 heterocycles. The predicted octanol–water partition coefficient (Wildman–Crippen LogP) is 1.98. The van der Waals surface area contributed by atoms with Crippen LogP contribution in [0.5, 0.6) is 0 Å². The molecule has 0 saturated heterocycles. The standard InChI is InChI=1S/C9H13BrN2OS/c10-8-4-3-7(14-8)9(13)12-6-2-1-5-11/h3-4H,1-2,5-6,11H2,(H,12,13). The number of carbonyl (C=O) groups is 1. The van der Waals surface area contributed by atoms with Gasteiger partial charge in [-0.15, -0.1) is 11.3 Å². The Balaban J connectivity index is 2.29. The van der Waals surface area contributed by atoms with Crippen LogP contribution in [0.1, 0.15) is 22.5 Å². The molecule has 3 nitrogen and oxygen atoms in total. The van der Waals surface area contributed by atoms with Gasteiger partial charge in [0.15, 0.2) is 0 Å². The zero-order valence-electron chi connectivity index (χ0n) is 7.75. The van der Waals surface area contributed by atoms with Crippen molar-refractivity contribution in [3.05, 3.63) is 20.8 Å². The third-order valence-corrected chi connectivity index (χ3v) is 3.34. The minimum absolute atomic E-state index is 0.00211. The van der Waals surface area contributed by atoms with Crippen LogP contribution in [0, 0.1) is 0 Å². The van der Waals surface area contributed by atoms with Crippen LogP contribution in [0.2, 0.25) is 0 Å². The topological polar surface area (TPSA) is 55.1 Å². The largest absolute Gasteiger partial charge is 0.351 e. The molecule has 1 rings (SSSR count). The molecule has 0 spiro atoms. The fraction of sp³-hybridized carbons (Fsp3) is 0.444. The van der Waals surface area contributed by atoms with Crippen LogP contribution in [-0.4, -0.2) is 19.0 Å². The Bertz CT molecular complexity index is 301. The lowest BCUT2D eigenvalue weighted by Crippen LogP contribution is -2.23. The predicted molar refractivity (Wildman–Crippen MR) is 62.6 cm³/mol. The molecule has 0 fully saturated rings. The summed E-state index contributed by atoms with van der Waals surface area (Å²) in [5.41, 5.74) is 5.34. The summed E-state index contributed by atoms with van der Waals surface area (Å²) in [6, 6.07) is 3.69. The second kappa shape index (κ2) is 6.16. The smallest absolute Gasteiger partial charge is 0.261 e. The van der Waals surface area contributed by atoms with Crippen LogP contribution >= 0.6 is 27.3 Å². The molecule has 1 aromatic heterocycles. The van der Waals surface area contributed by atoms with Gasteiger partial charge in [-0.1, -0.05) is 0 Å². The number of carbonyl (C=O) groups excluding carboxylic acids is 1. The van der Waals surface area contributed by atoms with E-state index in [-0.39, 0.29) is 5.91 Å². The highest BCUT2D eigenvalue weighted by Crippen LogP contribution is 2.21. The lowest BCUT2D eigenvalue weighted by molar-refractivity contribution is 0.0957. The van der Waals surface area contributed by atoms with E-state index < -0.39 is 0 Å².